The number of carbonyl (C=O) groups is 4. The summed E-state index contributed by atoms with van der Waals surface area (Å²) in [6, 6.07) is 12.6. The molecule has 0 saturated carbocycles. The van der Waals surface area contributed by atoms with Crippen molar-refractivity contribution in [2.24, 2.45) is 11.8 Å². The maximum atomic E-state index is 14.0. The van der Waals surface area contributed by atoms with E-state index in [1.165, 1.54) is 14.2 Å². The van der Waals surface area contributed by atoms with Gasteiger partial charge < -0.3 is 44.6 Å². The number of H-pyrrole nitrogens is 2. The normalized spacial score (nSPS) is 16.4. The number of nitrogens with one attached hydrogen (secondary N) is 4. The fraction of sp³-hybridized carbons (Fsp3) is 0.467. The molecule has 2 saturated heterocycles. The molecule has 2 aromatic carbocycles. The van der Waals surface area contributed by atoms with Gasteiger partial charge in [-0.1, -0.05) is 63.1 Å². The molecule has 0 radical (unpaired) electrons. The first-order chi connectivity index (χ1) is 29.0. The Bertz CT molecular complexity index is 2180. The summed E-state index contributed by atoms with van der Waals surface area (Å²) in [5.74, 6) is 7.16. The van der Waals surface area contributed by atoms with E-state index >= 15 is 0 Å². The van der Waals surface area contributed by atoms with Gasteiger partial charge >= 0.3 is 12.2 Å². The molecule has 3 atom stereocenters. The summed E-state index contributed by atoms with van der Waals surface area (Å²) in [7, 11) is 2.58. The number of methoxy groups -OCH3 is 2. The minimum atomic E-state index is -0.730. The van der Waals surface area contributed by atoms with Crippen molar-refractivity contribution < 1.29 is 33.4 Å². The summed E-state index contributed by atoms with van der Waals surface area (Å²) < 4.78 is 15.1. The molecule has 0 spiro atoms. The molecule has 0 bridgehead atoms. The molecular formula is C45H56N8O7. The number of ether oxygens (including phenoxy) is 3. The van der Waals surface area contributed by atoms with Crippen LogP contribution in [0.4, 0.5) is 9.59 Å². The summed E-state index contributed by atoms with van der Waals surface area (Å²) in [5, 5.41) is 5.48. The SMILES string of the molecule is CC#Cc1cc(-c2cnc(CN(CCC)C(=O)[C@@H](NC(=O)OC)C(C)C)[nH]2)ccc1-c1ccc(-c2cnc([C@@H]3CCCN3C(=O)[C@@H](NC(=O)OC)C3CCOCC3)[nH]2)cc1. The van der Waals surface area contributed by atoms with Crippen LogP contribution in [0.15, 0.2) is 54.9 Å². The number of imidazole rings is 2. The molecule has 2 aliphatic rings. The number of carbonyl (C=O) groups excluding carboxylic acids is 4. The van der Waals surface area contributed by atoms with Crippen molar-refractivity contribution in [3.8, 4) is 45.5 Å². The van der Waals surface area contributed by atoms with Crippen LogP contribution in [0.5, 0.6) is 0 Å². The second-order valence-corrected chi connectivity index (χ2v) is 15.5. The largest absolute Gasteiger partial charge is 0.453 e. The van der Waals surface area contributed by atoms with E-state index in [0.717, 1.165) is 58.5 Å². The zero-order valence-corrected chi connectivity index (χ0v) is 35.3. The standard InChI is InChI=1S/C45H56N8O7/c1-7-10-32-24-33(36-25-46-38(48-36)27-52(20-8-2)42(54)39(28(3)4)50-44(56)58-5)16-17-34(32)29-12-14-30(15-13-29)35-26-47-41(49-35)37-11-9-21-53(37)43(55)40(51-45(57)59-6)31-18-22-60-23-19-31/h12-17,24-26,28,31,37,39-40H,8-9,11,18-23,27H2,1-6H3,(H,46,48)(H,47,49)(H,50,56)(H,51,57)/t37-,39-,40-/m0/s1. The number of alkyl carbamates (subject to hydrolysis) is 2. The lowest BCUT2D eigenvalue weighted by Crippen LogP contribution is -2.53. The van der Waals surface area contributed by atoms with Gasteiger partial charge in [0.15, 0.2) is 0 Å². The molecule has 4 N–H and O–H groups in total. The van der Waals surface area contributed by atoms with Crippen LogP contribution in [-0.4, -0.2) is 106 Å². The van der Waals surface area contributed by atoms with E-state index in [2.05, 4.69) is 49.6 Å². The number of aromatic amines is 2. The maximum Gasteiger partial charge on any atom is 0.407 e. The van der Waals surface area contributed by atoms with Gasteiger partial charge in [-0.2, -0.15) is 0 Å². The Labute approximate surface area is 351 Å². The van der Waals surface area contributed by atoms with Crippen molar-refractivity contribution in [1.82, 2.24) is 40.4 Å². The molecule has 0 unspecified atom stereocenters. The summed E-state index contributed by atoms with van der Waals surface area (Å²) in [4.78, 5) is 71.5. The lowest BCUT2D eigenvalue weighted by molar-refractivity contribution is -0.137. The van der Waals surface area contributed by atoms with E-state index in [1.807, 2.05) is 62.9 Å². The summed E-state index contributed by atoms with van der Waals surface area (Å²) in [5.41, 5.74) is 6.29. The monoisotopic (exact) mass is 820 g/mol. The highest BCUT2D eigenvalue weighted by Gasteiger charge is 2.40. The molecule has 6 rings (SSSR count). The van der Waals surface area contributed by atoms with Crippen LogP contribution >= 0.6 is 0 Å². The number of hydrogen-bond acceptors (Lipinski definition) is 9. The van der Waals surface area contributed by atoms with E-state index in [9.17, 15) is 19.2 Å². The van der Waals surface area contributed by atoms with Gasteiger partial charge in [0.05, 0.1) is 50.6 Å². The molecule has 318 valence electrons. The lowest BCUT2D eigenvalue weighted by Gasteiger charge is -2.34. The molecule has 0 aliphatic carbocycles. The quantitative estimate of drug-likeness (QED) is 0.104. The number of amides is 4. The Balaban J connectivity index is 1.16. The summed E-state index contributed by atoms with van der Waals surface area (Å²) >= 11 is 0. The summed E-state index contributed by atoms with van der Waals surface area (Å²) in [6.07, 6.45) is 5.99. The molecular weight excluding hydrogens is 765 g/mol. The fourth-order valence-electron chi connectivity index (χ4n) is 8.00. The van der Waals surface area contributed by atoms with Crippen LogP contribution in [-0.2, 0) is 30.3 Å². The van der Waals surface area contributed by atoms with E-state index in [1.54, 1.807) is 17.3 Å². The van der Waals surface area contributed by atoms with Crippen LogP contribution < -0.4 is 10.6 Å². The highest BCUT2D eigenvalue weighted by atomic mass is 16.5. The Hall–Kier alpha value is -6.14. The fourth-order valence-corrected chi connectivity index (χ4v) is 8.00. The Morgan fingerprint density at radius 1 is 0.917 bits per heavy atom. The lowest BCUT2D eigenvalue weighted by atomic mass is 9.90. The highest BCUT2D eigenvalue weighted by molar-refractivity contribution is 5.87. The number of nitrogens with zero attached hydrogens (tertiary/aromatic N) is 4. The second kappa shape index (κ2) is 20.2. The Kier molecular flexibility index (Phi) is 14.6. The Morgan fingerprint density at radius 3 is 2.27 bits per heavy atom. The minimum Gasteiger partial charge on any atom is -0.453 e. The number of benzene rings is 2. The van der Waals surface area contributed by atoms with Gasteiger partial charge in [0.2, 0.25) is 11.8 Å². The van der Waals surface area contributed by atoms with Crippen LogP contribution in [0.25, 0.3) is 33.6 Å². The molecule has 2 fully saturated rings. The van der Waals surface area contributed by atoms with Crippen molar-refractivity contribution in [1.29, 1.82) is 0 Å². The average Bonchev–Trinajstić information content (AvgIpc) is 4.06. The van der Waals surface area contributed by atoms with Crippen molar-refractivity contribution in [3.05, 3.63) is 72.1 Å². The van der Waals surface area contributed by atoms with Crippen LogP contribution in [0.1, 0.15) is 83.1 Å². The zero-order chi connectivity index (χ0) is 42.8. The predicted molar refractivity (Wildman–Crippen MR) is 226 cm³/mol. The van der Waals surface area contributed by atoms with Crippen molar-refractivity contribution in [2.45, 2.75) is 84.5 Å². The topological polar surface area (TPSA) is 184 Å². The molecule has 2 aromatic heterocycles. The highest BCUT2D eigenvalue weighted by Crippen LogP contribution is 2.35. The number of aromatic nitrogens is 4. The molecule has 15 heteroatoms. The van der Waals surface area contributed by atoms with Crippen molar-refractivity contribution in [2.75, 3.05) is 40.5 Å². The van der Waals surface area contributed by atoms with E-state index in [4.69, 9.17) is 19.2 Å². The van der Waals surface area contributed by atoms with Gasteiger partial charge in [0.1, 0.15) is 23.7 Å². The van der Waals surface area contributed by atoms with Crippen LogP contribution in [0, 0.1) is 23.7 Å². The molecule has 4 aromatic rings. The smallest absolute Gasteiger partial charge is 0.407 e. The number of likely N-dealkylation sites (tertiary alicyclic amines) is 1. The van der Waals surface area contributed by atoms with Crippen LogP contribution in [0.2, 0.25) is 0 Å². The van der Waals surface area contributed by atoms with Gasteiger partial charge in [-0.15, -0.1) is 5.92 Å². The first-order valence-corrected chi connectivity index (χ1v) is 20.7. The van der Waals surface area contributed by atoms with Gasteiger partial charge in [-0.3, -0.25) is 9.59 Å². The first kappa shape index (κ1) is 43.4. The van der Waals surface area contributed by atoms with Crippen LogP contribution in [0.3, 0.4) is 0 Å². The predicted octanol–water partition coefficient (Wildman–Crippen LogP) is 6.44. The molecule has 15 nitrogen and oxygen atoms in total. The third-order valence-corrected chi connectivity index (χ3v) is 11.2. The minimum absolute atomic E-state index is 0.0381. The molecule has 4 heterocycles. The first-order valence-electron chi connectivity index (χ1n) is 20.7. The van der Waals surface area contributed by atoms with Gasteiger partial charge in [-0.25, -0.2) is 19.6 Å². The third kappa shape index (κ3) is 10.2. The number of rotatable bonds is 14. The molecule has 2 aliphatic heterocycles. The van der Waals surface area contributed by atoms with Crippen molar-refractivity contribution in [3.63, 3.8) is 0 Å². The maximum absolute atomic E-state index is 14.0. The van der Waals surface area contributed by atoms with E-state index in [-0.39, 0.29) is 36.2 Å². The zero-order valence-electron chi connectivity index (χ0n) is 35.3. The third-order valence-electron chi connectivity index (χ3n) is 11.2. The van der Waals surface area contributed by atoms with Gasteiger partial charge in [-0.05, 0) is 73.6 Å². The second-order valence-electron chi connectivity index (χ2n) is 15.5. The van der Waals surface area contributed by atoms with E-state index < -0.39 is 24.3 Å². The Morgan fingerprint density at radius 2 is 1.58 bits per heavy atom. The molecule has 4 amide bonds. The average molecular weight is 821 g/mol. The van der Waals surface area contributed by atoms with E-state index in [0.29, 0.717) is 50.8 Å². The van der Waals surface area contributed by atoms with Gasteiger partial charge in [0, 0.05) is 37.4 Å². The number of hydrogen-bond donors (Lipinski definition) is 4. The van der Waals surface area contributed by atoms with Crippen molar-refractivity contribution >= 4 is 24.0 Å². The molecule has 60 heavy (non-hydrogen) atoms. The van der Waals surface area contributed by atoms with Gasteiger partial charge in [0.25, 0.3) is 0 Å². The summed E-state index contributed by atoms with van der Waals surface area (Å²) in [6.45, 7) is 10.0.